The number of hydrogen-bond donors (Lipinski definition) is 4. The first kappa shape index (κ1) is 52.4. The van der Waals surface area contributed by atoms with Gasteiger partial charge in [-0.15, -0.1) is 16.4 Å². The van der Waals surface area contributed by atoms with Crippen LogP contribution in [0, 0.1) is 24.2 Å². The van der Waals surface area contributed by atoms with Crippen molar-refractivity contribution in [3.8, 4) is 0 Å². The van der Waals surface area contributed by atoms with E-state index in [0.717, 1.165) is 41.9 Å². The zero-order chi connectivity index (χ0) is 48.0. The molecule has 3 aromatic rings. The van der Waals surface area contributed by atoms with Gasteiger partial charge in [0.25, 0.3) is 5.91 Å². The summed E-state index contributed by atoms with van der Waals surface area (Å²) in [6.45, 7) is 15.2. The summed E-state index contributed by atoms with van der Waals surface area (Å²) in [6, 6.07) is 5.61. The number of esters is 1. The summed E-state index contributed by atoms with van der Waals surface area (Å²) < 4.78 is 7.20. The summed E-state index contributed by atoms with van der Waals surface area (Å²) in [5.41, 5.74) is 1.60. The molecule has 3 heterocycles. The molecule has 1 saturated heterocycles. The molecule has 3 amide bonds. The number of aliphatic carboxylic acids is 2. The Morgan fingerprint density at radius 3 is 2.35 bits per heavy atom. The van der Waals surface area contributed by atoms with Crippen molar-refractivity contribution in [2.75, 3.05) is 20.1 Å². The molecule has 0 saturated carbocycles. The number of likely N-dealkylation sites (tertiary alicyclic amines) is 1. The molecule has 0 unspecified atom stereocenters. The molecule has 18 heteroatoms. The summed E-state index contributed by atoms with van der Waals surface area (Å²) in [7, 11) is 1.93. The fourth-order valence-electron chi connectivity index (χ4n) is 8.28. The van der Waals surface area contributed by atoms with Crippen LogP contribution in [0.4, 0.5) is 0 Å². The smallest absolute Gasteiger partial charge is 0.325 e. The van der Waals surface area contributed by atoms with Gasteiger partial charge < -0.3 is 30.5 Å². The van der Waals surface area contributed by atoms with E-state index in [1.54, 1.807) is 30.3 Å². The summed E-state index contributed by atoms with van der Waals surface area (Å²) in [4.78, 5) is 87.4. The van der Waals surface area contributed by atoms with E-state index in [9.17, 15) is 29.1 Å². The van der Waals surface area contributed by atoms with Crippen LogP contribution in [0.25, 0.3) is 0 Å². The Morgan fingerprint density at radius 2 is 1.74 bits per heavy atom. The van der Waals surface area contributed by atoms with Crippen LogP contribution in [0.5, 0.6) is 0 Å². The number of carbonyl (C=O) groups excluding carboxylic acids is 4. The molecule has 4 rings (SSSR count). The van der Waals surface area contributed by atoms with Crippen LogP contribution < -0.4 is 10.6 Å². The van der Waals surface area contributed by atoms with Crippen molar-refractivity contribution in [3.63, 3.8) is 0 Å². The van der Waals surface area contributed by atoms with Crippen molar-refractivity contribution >= 4 is 47.0 Å². The van der Waals surface area contributed by atoms with Crippen LogP contribution in [0.1, 0.15) is 138 Å². The number of aryl methyl sites for hydroxylation is 2. The molecule has 1 aliphatic heterocycles. The maximum Gasteiger partial charge on any atom is 0.325 e. The van der Waals surface area contributed by atoms with Gasteiger partial charge in [0, 0.05) is 43.5 Å². The van der Waals surface area contributed by atoms with E-state index in [1.807, 2.05) is 70.8 Å². The number of rotatable bonds is 25. The molecule has 65 heavy (non-hydrogen) atoms. The quantitative estimate of drug-likeness (QED) is 0.0578. The number of hydrogen-bond acceptors (Lipinski definition) is 12. The number of nitrogens with zero attached hydrogens (tertiary/aromatic N) is 6. The number of likely N-dealkylation sites (N-methyl/N-ethyl adjacent to an activating group) is 1. The molecule has 4 N–H and O–H groups in total. The molecule has 0 bridgehead atoms. The van der Waals surface area contributed by atoms with Crippen molar-refractivity contribution in [1.82, 2.24) is 40.4 Å². The lowest BCUT2D eigenvalue weighted by Gasteiger charge is -2.40. The summed E-state index contributed by atoms with van der Waals surface area (Å²) in [5.74, 6) is -3.88. The molecule has 17 nitrogen and oxygen atoms in total. The lowest BCUT2D eigenvalue weighted by Crippen LogP contribution is -2.59. The second-order valence-corrected chi connectivity index (χ2v) is 19.5. The average molecular weight is 923 g/mol. The van der Waals surface area contributed by atoms with Gasteiger partial charge >= 0.3 is 17.9 Å². The number of amides is 3. The SMILES string of the molecule is CC[C@H](C)[C@H](NC(=O)[C@H]1CCCCN1C)C(=O)N(CCCCc1cn(CC(=O)O)nn1)[C@H](C[C@@H](OC(C)=O)c1nc(C(=O)N[C@@H](Cc2ccc(C)cc2)CC(C)(C)C(=O)O)cs1)C(C)C. The summed E-state index contributed by atoms with van der Waals surface area (Å²) >= 11 is 1.16. The van der Waals surface area contributed by atoms with Crippen LogP contribution >= 0.6 is 11.3 Å². The largest absolute Gasteiger partial charge is 0.481 e. The molecule has 6 atom stereocenters. The fourth-order valence-corrected chi connectivity index (χ4v) is 9.12. The first-order valence-electron chi connectivity index (χ1n) is 22.8. The Labute approximate surface area is 387 Å². The molecule has 1 aliphatic rings. The number of nitrogens with one attached hydrogen (secondary N) is 2. The number of unbranched alkanes of at least 4 members (excludes halogenated alkanes) is 1. The Kier molecular flexibility index (Phi) is 19.6. The van der Waals surface area contributed by atoms with E-state index in [0.29, 0.717) is 55.8 Å². The highest BCUT2D eigenvalue weighted by Gasteiger charge is 2.39. The lowest BCUT2D eigenvalue weighted by molar-refractivity contribution is -0.150. The van der Waals surface area contributed by atoms with Gasteiger partial charge in [0.05, 0.1) is 17.2 Å². The minimum atomic E-state index is -1.13. The van der Waals surface area contributed by atoms with Gasteiger partial charge in [-0.05, 0) is 96.7 Å². The van der Waals surface area contributed by atoms with Crippen LogP contribution in [0.3, 0.4) is 0 Å². The molecule has 1 fully saturated rings. The number of carboxylic acid groups (broad SMARTS) is 2. The standard InChI is InChI=1S/C47H70N8O9S/c1-10-31(5)41(50-43(60)37-16-12-13-21-53(37)9)45(61)55(22-14-11-15-34-26-54(52-51-34)27-40(57)58)38(29(2)3)24-39(64-32(6)56)44-49-36(28-65-44)42(59)48-35(25-47(7,8)46(62)63)23-33-19-17-30(4)18-20-33/h17-20,26,28-29,31,35,37-39,41H,10-16,21-25,27H2,1-9H3,(H,48,59)(H,50,60)(H,57,58)(H,62,63)/t31-,35-,37+,38+,39+,41-/m0/s1. The second-order valence-electron chi connectivity index (χ2n) is 18.6. The molecular weight excluding hydrogens is 853 g/mol. The van der Waals surface area contributed by atoms with E-state index >= 15 is 4.79 Å². The van der Waals surface area contributed by atoms with Crippen molar-refractivity contribution in [2.24, 2.45) is 17.3 Å². The maximum absolute atomic E-state index is 15.1. The van der Waals surface area contributed by atoms with E-state index in [1.165, 1.54) is 11.6 Å². The molecule has 1 aromatic carbocycles. The van der Waals surface area contributed by atoms with Gasteiger partial charge in [-0.25, -0.2) is 9.67 Å². The third-order valence-corrected chi connectivity index (χ3v) is 13.3. The number of benzene rings is 1. The molecule has 0 radical (unpaired) electrons. The maximum atomic E-state index is 15.1. The third-order valence-electron chi connectivity index (χ3n) is 12.3. The third kappa shape index (κ3) is 15.7. The highest BCUT2D eigenvalue weighted by Crippen LogP contribution is 2.32. The van der Waals surface area contributed by atoms with E-state index in [2.05, 4.69) is 25.9 Å². The van der Waals surface area contributed by atoms with Crippen LogP contribution in [-0.4, -0.2) is 120 Å². The lowest BCUT2D eigenvalue weighted by atomic mass is 9.84. The van der Waals surface area contributed by atoms with Gasteiger partial charge in [0.2, 0.25) is 11.8 Å². The molecule has 0 aliphatic carbocycles. The molecule has 2 aromatic heterocycles. The average Bonchev–Trinajstić information content (AvgIpc) is 3.92. The van der Waals surface area contributed by atoms with Gasteiger partial charge in [-0.1, -0.05) is 75.6 Å². The monoisotopic (exact) mass is 922 g/mol. The first-order valence-corrected chi connectivity index (χ1v) is 23.7. The highest BCUT2D eigenvalue weighted by atomic mass is 32.1. The van der Waals surface area contributed by atoms with Gasteiger partial charge in [-0.2, -0.15) is 0 Å². The van der Waals surface area contributed by atoms with Crippen LogP contribution in [0.15, 0.2) is 35.8 Å². The van der Waals surface area contributed by atoms with Crippen molar-refractivity contribution in [2.45, 2.75) is 156 Å². The van der Waals surface area contributed by atoms with E-state index in [4.69, 9.17) is 9.84 Å². The normalized spacial score (nSPS) is 16.8. The fraction of sp³-hybridized carbons (Fsp3) is 0.638. The number of thiazole rings is 1. The van der Waals surface area contributed by atoms with Crippen molar-refractivity contribution in [3.05, 3.63) is 63.4 Å². The van der Waals surface area contributed by atoms with Gasteiger partial charge in [-0.3, -0.25) is 33.7 Å². The van der Waals surface area contributed by atoms with Gasteiger partial charge in [0.15, 0.2) is 6.10 Å². The molecule has 0 spiro atoms. The predicted molar refractivity (Wildman–Crippen MR) is 246 cm³/mol. The summed E-state index contributed by atoms with van der Waals surface area (Å²) in [6.07, 6.45) is 6.25. The first-order chi connectivity index (χ1) is 30.7. The van der Waals surface area contributed by atoms with Gasteiger partial charge in [0.1, 0.15) is 23.3 Å². The predicted octanol–water partition coefficient (Wildman–Crippen LogP) is 5.86. The Bertz CT molecular complexity index is 2070. The summed E-state index contributed by atoms with van der Waals surface area (Å²) in [5, 5.41) is 35.2. The minimum Gasteiger partial charge on any atom is -0.481 e. The Balaban J connectivity index is 1.63. The number of aromatic nitrogens is 4. The van der Waals surface area contributed by atoms with Crippen LogP contribution in [0.2, 0.25) is 0 Å². The molecule has 358 valence electrons. The minimum absolute atomic E-state index is 0.0886. The zero-order valence-corrected chi connectivity index (χ0v) is 40.4. The number of piperidine rings is 1. The Morgan fingerprint density at radius 1 is 1.03 bits per heavy atom. The van der Waals surface area contributed by atoms with E-state index in [-0.39, 0.29) is 54.8 Å². The Hall–Kier alpha value is -5.23. The van der Waals surface area contributed by atoms with Crippen LogP contribution in [-0.2, 0) is 48.1 Å². The second kappa shape index (κ2) is 24.3. The zero-order valence-electron chi connectivity index (χ0n) is 39.5. The molecular formula is C47H70N8O9S. The van der Waals surface area contributed by atoms with Crippen molar-refractivity contribution in [1.29, 1.82) is 0 Å². The number of carbonyl (C=O) groups is 6. The van der Waals surface area contributed by atoms with Crippen molar-refractivity contribution < 1.29 is 43.7 Å². The number of ether oxygens (including phenoxy) is 1. The number of carboxylic acids is 2. The highest BCUT2D eigenvalue weighted by molar-refractivity contribution is 7.09. The van der Waals surface area contributed by atoms with E-state index < -0.39 is 53.5 Å². The topological polar surface area (TPSA) is 226 Å².